The molecule has 1 amide bonds. The first-order valence-electron chi connectivity index (χ1n) is 10.3. The molecule has 0 spiro atoms. The largest absolute Gasteiger partial charge is 0.426 e. The molecule has 33 heavy (non-hydrogen) atoms. The van der Waals surface area contributed by atoms with Crippen LogP contribution >= 0.6 is 0 Å². The number of hydrazone groups is 1. The molecule has 0 saturated carbocycles. The molecule has 164 valence electrons. The van der Waals surface area contributed by atoms with E-state index < -0.39 is 11.9 Å². The zero-order chi connectivity index (χ0) is 23.2. The molecule has 1 heterocycles. The average Bonchev–Trinajstić information content (AvgIpc) is 3.24. The molecule has 0 fully saturated rings. The lowest BCUT2D eigenvalue weighted by Crippen LogP contribution is -2.19. The minimum Gasteiger partial charge on any atom is -0.426 e. The number of hydrogen-bond donors (Lipinski definition) is 1. The highest BCUT2D eigenvalue weighted by atomic mass is 16.5. The summed E-state index contributed by atoms with van der Waals surface area (Å²) in [6.45, 7) is 3.31. The summed E-state index contributed by atoms with van der Waals surface area (Å²) in [6.07, 6.45) is 3.40. The van der Waals surface area contributed by atoms with Crippen LogP contribution in [0.25, 0.3) is 16.9 Å². The fourth-order valence-corrected chi connectivity index (χ4v) is 3.25. The lowest BCUT2D eigenvalue weighted by atomic mass is 10.1. The number of aromatic nitrogens is 2. The lowest BCUT2D eigenvalue weighted by molar-refractivity contribution is -0.131. The van der Waals surface area contributed by atoms with Gasteiger partial charge in [0.1, 0.15) is 11.4 Å². The third kappa shape index (κ3) is 5.22. The van der Waals surface area contributed by atoms with Gasteiger partial charge in [0.15, 0.2) is 0 Å². The summed E-state index contributed by atoms with van der Waals surface area (Å²) in [4.78, 5) is 23.9. The van der Waals surface area contributed by atoms with E-state index in [1.807, 2.05) is 67.7 Å². The van der Waals surface area contributed by atoms with Crippen LogP contribution in [-0.4, -0.2) is 27.9 Å². The Bertz CT molecular complexity index is 1310. The molecule has 1 aromatic heterocycles. The molecule has 0 bridgehead atoms. The first-order chi connectivity index (χ1) is 16.0. The van der Waals surface area contributed by atoms with E-state index in [0.717, 1.165) is 28.1 Å². The maximum atomic E-state index is 12.6. The summed E-state index contributed by atoms with van der Waals surface area (Å²) in [6, 6.07) is 24.3. The van der Waals surface area contributed by atoms with Gasteiger partial charge in [0.05, 0.1) is 17.5 Å². The molecule has 0 atom stereocenters. The van der Waals surface area contributed by atoms with Crippen LogP contribution in [0.1, 0.15) is 28.4 Å². The van der Waals surface area contributed by atoms with Gasteiger partial charge in [0.2, 0.25) is 0 Å². The van der Waals surface area contributed by atoms with Gasteiger partial charge >= 0.3 is 5.97 Å². The third-order valence-corrected chi connectivity index (χ3v) is 4.84. The SMILES string of the molecule is CC(=O)Oc1ccccc1C(=O)N/N=C\c1cn(-c2ccccc2)nc1-c1ccc(C)cc1. The quantitative estimate of drug-likeness (QED) is 0.207. The number of ether oxygens (including phenoxy) is 1. The van der Waals surface area contributed by atoms with Gasteiger partial charge < -0.3 is 4.74 Å². The average molecular weight is 438 g/mol. The molecule has 1 N–H and O–H groups in total. The number of nitrogens with zero attached hydrogens (tertiary/aromatic N) is 3. The number of amides is 1. The molecule has 0 aliphatic rings. The normalized spacial score (nSPS) is 10.8. The number of rotatable bonds is 6. The molecule has 0 aliphatic heterocycles. The van der Waals surface area contributed by atoms with Crippen LogP contribution in [0.5, 0.6) is 5.75 Å². The van der Waals surface area contributed by atoms with Gasteiger partial charge in [-0.1, -0.05) is 60.2 Å². The van der Waals surface area contributed by atoms with Crippen LogP contribution < -0.4 is 10.2 Å². The van der Waals surface area contributed by atoms with Crippen LogP contribution in [0.4, 0.5) is 0 Å². The number of hydrogen-bond acceptors (Lipinski definition) is 5. The Labute approximate surface area is 191 Å². The predicted octanol–water partition coefficient (Wildman–Crippen LogP) is 4.54. The van der Waals surface area contributed by atoms with E-state index >= 15 is 0 Å². The first kappa shape index (κ1) is 21.7. The van der Waals surface area contributed by atoms with E-state index in [2.05, 4.69) is 10.5 Å². The standard InChI is InChI=1S/C26H22N4O3/c1-18-12-14-20(15-13-18)25-21(17-30(29-25)22-8-4-3-5-9-22)16-27-28-26(32)23-10-6-7-11-24(23)33-19(2)31/h3-17H,1-2H3,(H,28,32)/b27-16-. The summed E-state index contributed by atoms with van der Waals surface area (Å²) < 4.78 is 6.88. The summed E-state index contributed by atoms with van der Waals surface area (Å²) >= 11 is 0. The van der Waals surface area contributed by atoms with Crippen molar-refractivity contribution >= 4 is 18.1 Å². The number of carbonyl (C=O) groups excluding carboxylic acids is 2. The van der Waals surface area contributed by atoms with Gasteiger partial charge in [0, 0.05) is 24.2 Å². The van der Waals surface area contributed by atoms with Gasteiger partial charge in [-0.15, -0.1) is 0 Å². The summed E-state index contributed by atoms with van der Waals surface area (Å²) in [5.41, 5.74) is 7.17. The van der Waals surface area contributed by atoms with Crippen molar-refractivity contribution < 1.29 is 14.3 Å². The number of benzene rings is 3. The van der Waals surface area contributed by atoms with Crippen LogP contribution in [0.15, 0.2) is 90.2 Å². The minimum atomic E-state index is -0.505. The van der Waals surface area contributed by atoms with Crippen LogP contribution in [-0.2, 0) is 4.79 Å². The molecular weight excluding hydrogens is 416 g/mol. The van der Waals surface area contributed by atoms with Crippen molar-refractivity contribution in [2.24, 2.45) is 5.10 Å². The number of esters is 1. The highest BCUT2D eigenvalue weighted by Crippen LogP contribution is 2.23. The smallest absolute Gasteiger partial charge is 0.308 e. The van der Waals surface area contributed by atoms with Crippen LogP contribution in [0, 0.1) is 6.92 Å². The third-order valence-electron chi connectivity index (χ3n) is 4.84. The van der Waals surface area contributed by atoms with Gasteiger partial charge in [-0.25, -0.2) is 10.1 Å². The summed E-state index contributed by atoms with van der Waals surface area (Å²) in [5, 5.41) is 8.87. The van der Waals surface area contributed by atoms with E-state index in [1.54, 1.807) is 35.2 Å². The number of aryl methyl sites for hydroxylation is 1. The second-order valence-electron chi connectivity index (χ2n) is 7.37. The maximum absolute atomic E-state index is 12.6. The van der Waals surface area contributed by atoms with E-state index in [0.29, 0.717) is 0 Å². The van der Waals surface area contributed by atoms with Crippen molar-refractivity contribution in [3.05, 3.63) is 102 Å². The van der Waals surface area contributed by atoms with Crippen molar-refractivity contribution in [3.63, 3.8) is 0 Å². The Hall–Kier alpha value is -4.52. The molecule has 0 aliphatic carbocycles. The molecule has 0 unspecified atom stereocenters. The van der Waals surface area contributed by atoms with Crippen molar-refractivity contribution in [1.82, 2.24) is 15.2 Å². The number of carbonyl (C=O) groups is 2. The number of nitrogens with one attached hydrogen (secondary N) is 1. The summed E-state index contributed by atoms with van der Waals surface area (Å²) in [5.74, 6) is -0.819. The second-order valence-corrected chi connectivity index (χ2v) is 7.37. The highest BCUT2D eigenvalue weighted by molar-refractivity contribution is 5.98. The zero-order valence-electron chi connectivity index (χ0n) is 18.2. The van der Waals surface area contributed by atoms with Crippen molar-refractivity contribution in [2.45, 2.75) is 13.8 Å². The number of para-hydroxylation sites is 2. The van der Waals surface area contributed by atoms with Crippen LogP contribution in [0.2, 0.25) is 0 Å². The Morgan fingerprint density at radius 3 is 2.39 bits per heavy atom. The van der Waals surface area contributed by atoms with Gasteiger partial charge in [-0.2, -0.15) is 10.2 Å². The van der Waals surface area contributed by atoms with Crippen molar-refractivity contribution in [2.75, 3.05) is 0 Å². The Morgan fingerprint density at radius 1 is 0.970 bits per heavy atom. The predicted molar refractivity (Wildman–Crippen MR) is 127 cm³/mol. The van der Waals surface area contributed by atoms with Gasteiger partial charge in [0.25, 0.3) is 5.91 Å². The highest BCUT2D eigenvalue weighted by Gasteiger charge is 2.14. The molecule has 0 saturated heterocycles. The van der Waals surface area contributed by atoms with Crippen molar-refractivity contribution in [1.29, 1.82) is 0 Å². The van der Waals surface area contributed by atoms with Crippen molar-refractivity contribution in [3.8, 4) is 22.7 Å². The minimum absolute atomic E-state index is 0.176. The Balaban J connectivity index is 1.62. The Kier molecular flexibility index (Phi) is 6.40. The van der Waals surface area contributed by atoms with E-state index in [1.165, 1.54) is 6.92 Å². The molecule has 7 heteroatoms. The summed E-state index contributed by atoms with van der Waals surface area (Å²) in [7, 11) is 0. The fraction of sp³-hybridized carbons (Fsp3) is 0.0769. The molecular formula is C26H22N4O3. The van der Waals surface area contributed by atoms with E-state index in [4.69, 9.17) is 9.84 Å². The van der Waals surface area contributed by atoms with Gasteiger partial charge in [-0.05, 0) is 31.2 Å². The molecule has 3 aromatic carbocycles. The Morgan fingerprint density at radius 2 is 1.67 bits per heavy atom. The second kappa shape index (κ2) is 9.74. The van der Waals surface area contributed by atoms with Crippen LogP contribution in [0.3, 0.4) is 0 Å². The maximum Gasteiger partial charge on any atom is 0.308 e. The van der Waals surface area contributed by atoms with E-state index in [9.17, 15) is 9.59 Å². The molecule has 4 rings (SSSR count). The molecule has 4 aromatic rings. The fourth-order valence-electron chi connectivity index (χ4n) is 3.25. The van der Waals surface area contributed by atoms with E-state index in [-0.39, 0.29) is 11.3 Å². The first-order valence-corrected chi connectivity index (χ1v) is 10.3. The lowest BCUT2D eigenvalue weighted by Gasteiger charge is -2.06. The van der Waals surface area contributed by atoms with Gasteiger partial charge in [-0.3, -0.25) is 9.59 Å². The molecule has 7 nitrogen and oxygen atoms in total. The topological polar surface area (TPSA) is 85.6 Å². The molecule has 0 radical (unpaired) electrons. The zero-order valence-corrected chi connectivity index (χ0v) is 18.2. The monoisotopic (exact) mass is 438 g/mol.